The van der Waals surface area contributed by atoms with Crippen LogP contribution in [0.15, 0.2) is 26.9 Å². The first-order chi connectivity index (χ1) is 7.15. The number of pyridine rings is 1. The molecule has 0 radical (unpaired) electrons. The van der Waals surface area contributed by atoms with E-state index in [1.54, 1.807) is 23.1 Å². The average Bonchev–Trinajstić information content (AvgIpc) is 2.58. The molecule has 0 aromatic carbocycles. The van der Waals surface area contributed by atoms with Crippen LogP contribution in [-0.2, 0) is 0 Å². The number of hydrogen-bond donors (Lipinski definition) is 1. The summed E-state index contributed by atoms with van der Waals surface area (Å²) in [6, 6.07) is 3.80. The molecule has 2 N–H and O–H groups in total. The molecule has 0 saturated carbocycles. The minimum absolute atomic E-state index is 0.731. The highest BCUT2D eigenvalue weighted by Crippen LogP contribution is 2.29. The lowest BCUT2D eigenvalue weighted by atomic mass is 10.3. The van der Waals surface area contributed by atoms with Crippen molar-refractivity contribution in [1.29, 1.82) is 0 Å². The van der Waals surface area contributed by atoms with Crippen LogP contribution in [-0.4, -0.2) is 9.97 Å². The zero-order valence-corrected chi connectivity index (χ0v) is 10.2. The predicted octanol–water partition coefficient (Wildman–Crippen LogP) is 2.89. The highest BCUT2D eigenvalue weighted by Gasteiger charge is 2.04. The highest BCUT2D eigenvalue weighted by molar-refractivity contribution is 8.01. The third-order valence-electron chi connectivity index (χ3n) is 1.89. The fourth-order valence-corrected chi connectivity index (χ4v) is 2.88. The van der Waals surface area contributed by atoms with Crippen molar-refractivity contribution in [2.45, 2.75) is 23.2 Å². The summed E-state index contributed by atoms with van der Waals surface area (Å²) in [7, 11) is 0. The van der Waals surface area contributed by atoms with Crippen LogP contribution in [0.3, 0.4) is 0 Å². The number of anilines is 1. The van der Waals surface area contributed by atoms with Crippen LogP contribution in [0.2, 0.25) is 0 Å². The number of rotatable bonds is 2. The molecule has 5 heteroatoms. The van der Waals surface area contributed by atoms with Gasteiger partial charge in [-0.3, -0.25) is 0 Å². The Morgan fingerprint density at radius 3 is 2.67 bits per heavy atom. The Morgan fingerprint density at radius 2 is 2.07 bits per heavy atom. The Morgan fingerprint density at radius 1 is 1.27 bits per heavy atom. The first-order valence-corrected chi connectivity index (χ1v) is 6.18. The van der Waals surface area contributed by atoms with Gasteiger partial charge in [0.15, 0.2) is 4.34 Å². The SMILES string of the molecule is Cc1csc(Sc2ccc(N)c(C)n2)n1. The van der Waals surface area contributed by atoms with E-state index in [0.717, 1.165) is 26.4 Å². The maximum absolute atomic E-state index is 5.70. The van der Waals surface area contributed by atoms with Gasteiger partial charge in [-0.05, 0) is 37.7 Å². The molecule has 0 aliphatic carbocycles. The van der Waals surface area contributed by atoms with E-state index in [9.17, 15) is 0 Å². The number of nitrogens with two attached hydrogens (primary N) is 1. The minimum atomic E-state index is 0.731. The van der Waals surface area contributed by atoms with Crippen molar-refractivity contribution in [2.75, 3.05) is 5.73 Å². The summed E-state index contributed by atoms with van der Waals surface area (Å²) in [6.45, 7) is 3.90. The minimum Gasteiger partial charge on any atom is -0.397 e. The van der Waals surface area contributed by atoms with Gasteiger partial charge in [-0.25, -0.2) is 9.97 Å². The van der Waals surface area contributed by atoms with E-state index in [0.29, 0.717) is 0 Å². The normalized spacial score (nSPS) is 10.5. The zero-order chi connectivity index (χ0) is 10.8. The summed E-state index contributed by atoms with van der Waals surface area (Å²) in [5.74, 6) is 0. The summed E-state index contributed by atoms with van der Waals surface area (Å²) >= 11 is 3.21. The van der Waals surface area contributed by atoms with Gasteiger partial charge in [0.1, 0.15) is 5.03 Å². The summed E-state index contributed by atoms with van der Waals surface area (Å²) in [5, 5.41) is 2.98. The average molecular weight is 237 g/mol. The second kappa shape index (κ2) is 4.20. The molecule has 0 atom stereocenters. The van der Waals surface area contributed by atoms with E-state index in [4.69, 9.17) is 5.73 Å². The van der Waals surface area contributed by atoms with E-state index in [1.807, 2.05) is 31.4 Å². The molecule has 15 heavy (non-hydrogen) atoms. The van der Waals surface area contributed by atoms with Crippen molar-refractivity contribution < 1.29 is 0 Å². The van der Waals surface area contributed by atoms with Gasteiger partial charge in [0.2, 0.25) is 0 Å². The first kappa shape index (κ1) is 10.4. The Hall–Kier alpha value is -1.07. The molecule has 0 bridgehead atoms. The number of thiazole rings is 1. The second-order valence-corrected chi connectivity index (χ2v) is 5.31. The molecule has 2 aromatic heterocycles. The van der Waals surface area contributed by atoms with Crippen molar-refractivity contribution in [3.63, 3.8) is 0 Å². The standard InChI is InChI=1S/C10H11N3S2/c1-6-5-14-10(12-6)15-9-4-3-8(11)7(2)13-9/h3-5H,11H2,1-2H3. The van der Waals surface area contributed by atoms with Crippen LogP contribution in [0.1, 0.15) is 11.4 Å². The van der Waals surface area contributed by atoms with Crippen LogP contribution < -0.4 is 5.73 Å². The first-order valence-electron chi connectivity index (χ1n) is 4.48. The van der Waals surface area contributed by atoms with Gasteiger partial charge in [-0.2, -0.15) is 0 Å². The zero-order valence-electron chi connectivity index (χ0n) is 8.52. The molecule has 0 saturated heterocycles. The molecule has 2 rings (SSSR count). The van der Waals surface area contributed by atoms with Gasteiger partial charge in [0.25, 0.3) is 0 Å². The summed E-state index contributed by atoms with van der Waals surface area (Å²) < 4.78 is 1.02. The lowest BCUT2D eigenvalue weighted by molar-refractivity contribution is 1.06. The maximum atomic E-state index is 5.70. The molecular weight excluding hydrogens is 226 g/mol. The molecule has 78 valence electrons. The molecule has 0 unspecified atom stereocenters. The molecular formula is C10H11N3S2. The third-order valence-corrected chi connectivity index (χ3v) is 3.88. The van der Waals surface area contributed by atoms with Crippen molar-refractivity contribution in [2.24, 2.45) is 0 Å². The van der Waals surface area contributed by atoms with Gasteiger partial charge in [0.05, 0.1) is 11.4 Å². The second-order valence-electron chi connectivity index (χ2n) is 3.18. The number of hydrogen-bond acceptors (Lipinski definition) is 5. The molecule has 2 aromatic rings. The van der Waals surface area contributed by atoms with Gasteiger partial charge < -0.3 is 5.73 Å². The summed E-state index contributed by atoms with van der Waals surface area (Å²) in [6.07, 6.45) is 0. The topological polar surface area (TPSA) is 51.8 Å². The van der Waals surface area contributed by atoms with Crippen molar-refractivity contribution in [3.8, 4) is 0 Å². The molecule has 3 nitrogen and oxygen atoms in total. The van der Waals surface area contributed by atoms with Crippen LogP contribution in [0, 0.1) is 13.8 Å². The van der Waals surface area contributed by atoms with E-state index >= 15 is 0 Å². The summed E-state index contributed by atoms with van der Waals surface area (Å²) in [5.41, 5.74) is 8.35. The number of aryl methyl sites for hydroxylation is 2. The molecule has 0 aliphatic heterocycles. The van der Waals surface area contributed by atoms with Crippen LogP contribution in [0.4, 0.5) is 5.69 Å². The monoisotopic (exact) mass is 237 g/mol. The fraction of sp³-hybridized carbons (Fsp3) is 0.200. The Bertz CT molecular complexity index is 479. The van der Waals surface area contributed by atoms with E-state index in [-0.39, 0.29) is 0 Å². The smallest absolute Gasteiger partial charge is 0.156 e. The van der Waals surface area contributed by atoms with E-state index in [1.165, 1.54) is 0 Å². The molecule has 0 spiro atoms. The number of aromatic nitrogens is 2. The van der Waals surface area contributed by atoms with Crippen LogP contribution in [0.25, 0.3) is 0 Å². The van der Waals surface area contributed by atoms with E-state index in [2.05, 4.69) is 9.97 Å². The van der Waals surface area contributed by atoms with Crippen LogP contribution in [0.5, 0.6) is 0 Å². The van der Waals surface area contributed by atoms with Gasteiger partial charge in [-0.15, -0.1) is 11.3 Å². The number of nitrogen functional groups attached to an aromatic ring is 1. The Labute approximate surface area is 96.8 Å². The Balaban J connectivity index is 2.21. The van der Waals surface area contributed by atoms with Crippen molar-refractivity contribution in [1.82, 2.24) is 9.97 Å². The molecule has 0 aliphatic rings. The van der Waals surface area contributed by atoms with Gasteiger partial charge in [-0.1, -0.05) is 0 Å². The molecule has 2 heterocycles. The van der Waals surface area contributed by atoms with Crippen molar-refractivity contribution >= 4 is 28.8 Å². The van der Waals surface area contributed by atoms with E-state index < -0.39 is 0 Å². The van der Waals surface area contributed by atoms with Crippen molar-refractivity contribution in [3.05, 3.63) is 28.9 Å². The lowest BCUT2D eigenvalue weighted by Crippen LogP contribution is -1.93. The highest BCUT2D eigenvalue weighted by atomic mass is 32.2. The quantitative estimate of drug-likeness (QED) is 0.872. The third kappa shape index (κ3) is 2.49. The predicted molar refractivity (Wildman–Crippen MR) is 64.4 cm³/mol. The van der Waals surface area contributed by atoms with Gasteiger partial charge in [0, 0.05) is 11.1 Å². The lowest BCUT2D eigenvalue weighted by Gasteiger charge is -2.01. The molecule has 0 amide bonds. The largest absolute Gasteiger partial charge is 0.397 e. The maximum Gasteiger partial charge on any atom is 0.156 e. The van der Waals surface area contributed by atoms with Gasteiger partial charge >= 0.3 is 0 Å². The number of nitrogens with zero attached hydrogens (tertiary/aromatic N) is 2. The Kier molecular flexibility index (Phi) is 2.93. The fourth-order valence-electron chi connectivity index (χ4n) is 1.07. The van der Waals surface area contributed by atoms with Crippen LogP contribution >= 0.6 is 23.1 Å². The molecule has 0 fully saturated rings. The summed E-state index contributed by atoms with van der Waals surface area (Å²) in [4.78, 5) is 8.75.